The smallest absolute Gasteiger partial charge is 0.270 e. The van der Waals surface area contributed by atoms with Crippen molar-refractivity contribution in [1.29, 1.82) is 0 Å². The molecule has 3 aromatic rings. The van der Waals surface area contributed by atoms with E-state index in [4.69, 9.17) is 0 Å². The highest BCUT2D eigenvalue weighted by Crippen LogP contribution is 2.35. The number of benzene rings is 3. The van der Waals surface area contributed by atoms with Crippen LogP contribution in [0, 0.1) is 17.0 Å². The molecular formula is C23H20N2O3S. The van der Waals surface area contributed by atoms with Gasteiger partial charge >= 0.3 is 0 Å². The fraction of sp³-hybridized carbons (Fsp3) is 0.174. The van der Waals surface area contributed by atoms with Crippen molar-refractivity contribution < 1.29 is 9.72 Å². The molecule has 1 aliphatic heterocycles. The second-order valence-electron chi connectivity index (χ2n) is 7.04. The number of non-ortho nitro benzene ring substituents is 1. The third-order valence-corrected chi connectivity index (χ3v) is 6.09. The molecule has 0 saturated heterocycles. The second kappa shape index (κ2) is 8.09. The lowest BCUT2D eigenvalue weighted by Crippen LogP contribution is -2.35. The fourth-order valence-corrected chi connectivity index (χ4v) is 4.43. The first-order valence-electron chi connectivity index (χ1n) is 9.45. The van der Waals surface area contributed by atoms with E-state index in [0.717, 1.165) is 34.6 Å². The summed E-state index contributed by atoms with van der Waals surface area (Å²) in [5.41, 5.74) is 3.46. The number of para-hydroxylation sites is 1. The van der Waals surface area contributed by atoms with Crippen LogP contribution in [0.1, 0.15) is 27.9 Å². The molecule has 146 valence electrons. The average molecular weight is 404 g/mol. The zero-order valence-electron chi connectivity index (χ0n) is 16.0. The molecule has 0 unspecified atom stereocenters. The van der Waals surface area contributed by atoms with Crippen LogP contribution in [0.25, 0.3) is 0 Å². The Bertz CT molecular complexity index is 1080. The number of carbonyl (C=O) groups is 1. The Hall–Kier alpha value is -3.12. The highest BCUT2D eigenvalue weighted by molar-refractivity contribution is 7.99. The standard InChI is InChI=1S/C23H20N2O3S/c1-16-8-11-19(12-9-16)29-22-13-10-18(25(27)28)15-20(22)23(26)24-14-4-6-17-5-2-3-7-21(17)24/h2-3,5,7-13,15H,4,6,14H2,1H3. The van der Waals surface area contributed by atoms with Crippen molar-refractivity contribution in [3.8, 4) is 0 Å². The van der Waals surface area contributed by atoms with Crippen LogP contribution >= 0.6 is 11.8 Å². The van der Waals surface area contributed by atoms with Crippen LogP contribution in [0.2, 0.25) is 0 Å². The number of nitro groups is 1. The lowest BCUT2D eigenvalue weighted by atomic mass is 10.0. The first-order chi connectivity index (χ1) is 14.0. The van der Waals surface area contributed by atoms with Gasteiger partial charge in [-0.25, -0.2) is 0 Å². The van der Waals surface area contributed by atoms with Gasteiger partial charge in [-0.2, -0.15) is 0 Å². The van der Waals surface area contributed by atoms with Crippen LogP contribution in [0.5, 0.6) is 0 Å². The number of nitrogens with zero attached hydrogens (tertiary/aromatic N) is 2. The van der Waals surface area contributed by atoms with Crippen LogP contribution in [0.3, 0.4) is 0 Å². The van der Waals surface area contributed by atoms with Gasteiger partial charge in [0.1, 0.15) is 0 Å². The number of amides is 1. The van der Waals surface area contributed by atoms with Crippen molar-refractivity contribution in [3.63, 3.8) is 0 Å². The lowest BCUT2D eigenvalue weighted by Gasteiger charge is -2.30. The molecule has 5 nitrogen and oxygen atoms in total. The molecule has 0 bridgehead atoms. The minimum atomic E-state index is -0.457. The van der Waals surface area contributed by atoms with Crippen LogP contribution in [-0.2, 0) is 6.42 Å². The number of hydrogen-bond donors (Lipinski definition) is 0. The second-order valence-corrected chi connectivity index (χ2v) is 8.16. The molecule has 3 aromatic carbocycles. The van der Waals surface area contributed by atoms with Crippen molar-refractivity contribution in [1.82, 2.24) is 0 Å². The number of fused-ring (bicyclic) bond motifs is 1. The maximum atomic E-state index is 13.5. The Morgan fingerprint density at radius 3 is 2.59 bits per heavy atom. The topological polar surface area (TPSA) is 63.5 Å². The molecule has 0 N–H and O–H groups in total. The highest BCUT2D eigenvalue weighted by Gasteiger charge is 2.26. The number of nitro benzene ring substituents is 1. The normalized spacial score (nSPS) is 13.1. The first kappa shape index (κ1) is 19.2. The van der Waals surface area contributed by atoms with Crippen molar-refractivity contribution >= 4 is 29.0 Å². The molecule has 0 spiro atoms. The molecule has 0 fully saturated rings. The third-order valence-electron chi connectivity index (χ3n) is 5.01. The SMILES string of the molecule is Cc1ccc(Sc2ccc([N+](=O)[O-])cc2C(=O)N2CCCc3ccccc32)cc1. The first-order valence-corrected chi connectivity index (χ1v) is 10.3. The van der Waals surface area contributed by atoms with Crippen LogP contribution in [0.15, 0.2) is 76.5 Å². The maximum absolute atomic E-state index is 13.5. The summed E-state index contributed by atoms with van der Waals surface area (Å²) in [6.07, 6.45) is 1.80. The van der Waals surface area contributed by atoms with Gasteiger partial charge in [0.05, 0.1) is 10.5 Å². The zero-order valence-corrected chi connectivity index (χ0v) is 16.8. The van der Waals surface area contributed by atoms with E-state index < -0.39 is 4.92 Å². The van der Waals surface area contributed by atoms with E-state index in [0.29, 0.717) is 17.0 Å². The van der Waals surface area contributed by atoms with Gasteiger partial charge in [0.15, 0.2) is 0 Å². The van der Waals surface area contributed by atoms with E-state index in [2.05, 4.69) is 0 Å². The highest BCUT2D eigenvalue weighted by atomic mass is 32.2. The van der Waals surface area contributed by atoms with E-state index >= 15 is 0 Å². The monoisotopic (exact) mass is 404 g/mol. The van der Waals surface area contributed by atoms with Gasteiger partial charge in [-0.15, -0.1) is 0 Å². The Morgan fingerprint density at radius 1 is 1.07 bits per heavy atom. The van der Waals surface area contributed by atoms with Crippen LogP contribution in [-0.4, -0.2) is 17.4 Å². The Labute approximate surface area is 173 Å². The fourth-order valence-electron chi connectivity index (χ4n) is 3.51. The molecule has 1 amide bonds. The minimum Gasteiger partial charge on any atom is -0.308 e. The molecule has 4 rings (SSSR count). The molecule has 0 aromatic heterocycles. The van der Waals surface area contributed by atoms with Crippen molar-refractivity contribution in [2.75, 3.05) is 11.4 Å². The molecule has 29 heavy (non-hydrogen) atoms. The Morgan fingerprint density at radius 2 is 1.83 bits per heavy atom. The maximum Gasteiger partial charge on any atom is 0.270 e. The molecule has 6 heteroatoms. The summed E-state index contributed by atoms with van der Waals surface area (Å²) in [7, 11) is 0. The van der Waals surface area contributed by atoms with Gasteiger partial charge in [0.25, 0.3) is 11.6 Å². The molecule has 0 aliphatic carbocycles. The van der Waals surface area contributed by atoms with Gasteiger partial charge in [-0.1, -0.05) is 47.7 Å². The molecule has 0 radical (unpaired) electrons. The van der Waals surface area contributed by atoms with Crippen molar-refractivity contribution in [2.24, 2.45) is 0 Å². The van der Waals surface area contributed by atoms with Crippen LogP contribution in [0.4, 0.5) is 11.4 Å². The van der Waals surface area contributed by atoms with E-state index in [1.54, 1.807) is 11.0 Å². The van der Waals surface area contributed by atoms with E-state index in [1.807, 2.05) is 55.5 Å². The molecule has 1 aliphatic rings. The molecular weight excluding hydrogens is 384 g/mol. The zero-order chi connectivity index (χ0) is 20.4. The number of anilines is 1. The van der Waals surface area contributed by atoms with Gasteiger partial charge in [0, 0.05) is 34.2 Å². The van der Waals surface area contributed by atoms with Crippen molar-refractivity contribution in [3.05, 3.63) is 93.5 Å². The summed E-state index contributed by atoms with van der Waals surface area (Å²) in [6.45, 7) is 2.62. The van der Waals surface area contributed by atoms with Gasteiger partial charge in [-0.3, -0.25) is 14.9 Å². The summed E-state index contributed by atoms with van der Waals surface area (Å²) in [5, 5.41) is 11.3. The van der Waals surface area contributed by atoms with Gasteiger partial charge < -0.3 is 4.90 Å². The quantitative estimate of drug-likeness (QED) is 0.416. The predicted octanol–water partition coefficient (Wildman–Crippen LogP) is 5.65. The largest absolute Gasteiger partial charge is 0.308 e. The van der Waals surface area contributed by atoms with E-state index in [1.165, 1.54) is 23.9 Å². The number of carbonyl (C=O) groups excluding carboxylic acids is 1. The average Bonchev–Trinajstić information content (AvgIpc) is 2.74. The van der Waals surface area contributed by atoms with E-state index in [9.17, 15) is 14.9 Å². The summed E-state index contributed by atoms with van der Waals surface area (Å²) >= 11 is 1.45. The Kier molecular flexibility index (Phi) is 5.36. The van der Waals surface area contributed by atoms with E-state index in [-0.39, 0.29) is 11.6 Å². The number of rotatable bonds is 4. The molecule has 1 heterocycles. The number of aryl methyl sites for hydroxylation is 2. The minimum absolute atomic E-state index is 0.0769. The summed E-state index contributed by atoms with van der Waals surface area (Å²) in [5.74, 6) is -0.199. The predicted molar refractivity (Wildman–Crippen MR) is 115 cm³/mol. The summed E-state index contributed by atoms with van der Waals surface area (Å²) in [4.78, 5) is 27.8. The number of hydrogen-bond acceptors (Lipinski definition) is 4. The van der Waals surface area contributed by atoms with Gasteiger partial charge in [0.2, 0.25) is 0 Å². The molecule has 0 atom stereocenters. The van der Waals surface area contributed by atoms with Crippen molar-refractivity contribution in [2.45, 2.75) is 29.6 Å². The third kappa shape index (κ3) is 4.03. The van der Waals surface area contributed by atoms with Crippen LogP contribution < -0.4 is 4.90 Å². The summed E-state index contributed by atoms with van der Waals surface area (Å²) < 4.78 is 0. The molecule has 0 saturated carbocycles. The lowest BCUT2D eigenvalue weighted by molar-refractivity contribution is -0.384. The van der Waals surface area contributed by atoms with Gasteiger partial charge in [-0.05, 0) is 49.6 Å². The Balaban J connectivity index is 1.75. The summed E-state index contributed by atoms with van der Waals surface area (Å²) in [6, 6.07) is 20.4.